The van der Waals surface area contributed by atoms with Crippen molar-refractivity contribution in [2.24, 2.45) is 10.2 Å². The standard InChI is InChI=1S/C24H30N4O8/c1-31-17-9-15(10-18(32-2)23(17)35-5)13-25-27-21(29)7-8-22(30)28-26-14-16-11-19(33-3)24(36-6)20(12-16)34-4/h9-14H,7-8H2,1-6H3,(H,27,29)(H,28,30). The first-order chi connectivity index (χ1) is 17.4. The van der Waals surface area contributed by atoms with E-state index in [2.05, 4.69) is 21.1 Å². The van der Waals surface area contributed by atoms with Crippen molar-refractivity contribution in [3.63, 3.8) is 0 Å². The molecule has 2 amide bonds. The monoisotopic (exact) mass is 502 g/mol. The summed E-state index contributed by atoms with van der Waals surface area (Å²) in [5, 5.41) is 7.81. The van der Waals surface area contributed by atoms with Crippen LogP contribution in [0, 0.1) is 0 Å². The zero-order valence-corrected chi connectivity index (χ0v) is 21.0. The Labute approximate surface area is 209 Å². The predicted molar refractivity (Wildman–Crippen MR) is 133 cm³/mol. The summed E-state index contributed by atoms with van der Waals surface area (Å²) >= 11 is 0. The molecule has 12 heteroatoms. The molecule has 12 nitrogen and oxygen atoms in total. The summed E-state index contributed by atoms with van der Waals surface area (Å²) in [4.78, 5) is 24.1. The first-order valence-electron chi connectivity index (χ1n) is 10.6. The Kier molecular flexibility index (Phi) is 10.8. The number of nitrogens with zero attached hydrogens (tertiary/aromatic N) is 2. The number of amides is 2. The molecule has 2 N–H and O–H groups in total. The smallest absolute Gasteiger partial charge is 0.240 e. The highest BCUT2D eigenvalue weighted by molar-refractivity contribution is 5.87. The van der Waals surface area contributed by atoms with Crippen LogP contribution in [-0.4, -0.2) is 66.9 Å². The lowest BCUT2D eigenvalue weighted by molar-refractivity contribution is -0.126. The van der Waals surface area contributed by atoms with Crippen molar-refractivity contribution in [2.75, 3.05) is 42.7 Å². The lowest BCUT2D eigenvalue weighted by Crippen LogP contribution is -2.22. The van der Waals surface area contributed by atoms with E-state index >= 15 is 0 Å². The summed E-state index contributed by atoms with van der Waals surface area (Å²) in [5.41, 5.74) is 5.96. The second-order valence-electron chi connectivity index (χ2n) is 7.00. The molecule has 0 saturated carbocycles. The highest BCUT2D eigenvalue weighted by Crippen LogP contribution is 2.38. The number of hydrogen-bond acceptors (Lipinski definition) is 10. The molecule has 2 aromatic rings. The molecule has 0 aromatic heterocycles. The van der Waals surface area contributed by atoms with Crippen LogP contribution in [0.3, 0.4) is 0 Å². The van der Waals surface area contributed by atoms with Gasteiger partial charge in [-0.2, -0.15) is 10.2 Å². The summed E-state index contributed by atoms with van der Waals surface area (Å²) in [5.74, 6) is 1.81. The Morgan fingerprint density at radius 2 is 0.917 bits per heavy atom. The predicted octanol–water partition coefficient (Wildman–Crippen LogP) is 2.12. The van der Waals surface area contributed by atoms with E-state index in [0.717, 1.165) is 0 Å². The Balaban J connectivity index is 1.87. The molecule has 36 heavy (non-hydrogen) atoms. The molecule has 2 aromatic carbocycles. The summed E-state index contributed by atoms with van der Waals surface area (Å²) in [6, 6.07) is 6.71. The molecule has 0 spiro atoms. The fourth-order valence-electron chi connectivity index (χ4n) is 3.05. The number of benzene rings is 2. The van der Waals surface area contributed by atoms with Crippen molar-refractivity contribution in [3.8, 4) is 34.5 Å². The van der Waals surface area contributed by atoms with Crippen molar-refractivity contribution in [3.05, 3.63) is 35.4 Å². The van der Waals surface area contributed by atoms with Crippen LogP contribution in [0.1, 0.15) is 24.0 Å². The summed E-state index contributed by atoms with van der Waals surface area (Å²) in [7, 11) is 9.01. The topological polar surface area (TPSA) is 138 Å². The Hall–Kier alpha value is -4.48. The molecule has 0 fully saturated rings. The molecule has 0 atom stereocenters. The van der Waals surface area contributed by atoms with Gasteiger partial charge in [0.15, 0.2) is 23.0 Å². The van der Waals surface area contributed by atoms with E-state index in [9.17, 15) is 9.59 Å². The third kappa shape index (κ3) is 7.52. The van der Waals surface area contributed by atoms with Crippen LogP contribution in [0.2, 0.25) is 0 Å². The number of carbonyl (C=O) groups is 2. The number of carbonyl (C=O) groups excluding carboxylic acids is 2. The van der Waals surface area contributed by atoms with E-state index in [1.165, 1.54) is 55.1 Å². The molecule has 194 valence electrons. The van der Waals surface area contributed by atoms with Gasteiger partial charge in [0.1, 0.15) is 0 Å². The number of rotatable bonds is 13. The summed E-state index contributed by atoms with van der Waals surface area (Å²) in [6.45, 7) is 0. The van der Waals surface area contributed by atoms with Gasteiger partial charge >= 0.3 is 0 Å². The third-order valence-electron chi connectivity index (χ3n) is 4.76. The fourth-order valence-corrected chi connectivity index (χ4v) is 3.05. The van der Waals surface area contributed by atoms with Crippen molar-refractivity contribution in [1.29, 1.82) is 0 Å². The highest BCUT2D eigenvalue weighted by Gasteiger charge is 2.13. The molecule has 0 heterocycles. The minimum atomic E-state index is -0.442. The molecular weight excluding hydrogens is 472 g/mol. The van der Waals surface area contributed by atoms with Crippen molar-refractivity contribution in [2.45, 2.75) is 12.8 Å². The third-order valence-corrected chi connectivity index (χ3v) is 4.76. The Morgan fingerprint density at radius 3 is 1.17 bits per heavy atom. The van der Waals surface area contributed by atoms with Crippen LogP contribution >= 0.6 is 0 Å². The van der Waals surface area contributed by atoms with Gasteiger partial charge in [0, 0.05) is 24.0 Å². The Bertz CT molecular complexity index is 980. The number of ether oxygens (including phenoxy) is 6. The number of nitrogens with one attached hydrogen (secondary N) is 2. The minimum Gasteiger partial charge on any atom is -0.493 e. The quantitative estimate of drug-likeness (QED) is 0.314. The van der Waals surface area contributed by atoms with Gasteiger partial charge in [-0.25, -0.2) is 10.9 Å². The second kappa shape index (κ2) is 14.0. The maximum absolute atomic E-state index is 12.0. The minimum absolute atomic E-state index is 0.0852. The Morgan fingerprint density at radius 1 is 0.611 bits per heavy atom. The molecule has 0 aliphatic rings. The maximum atomic E-state index is 12.0. The number of hydrogen-bond donors (Lipinski definition) is 2. The normalized spacial score (nSPS) is 10.7. The largest absolute Gasteiger partial charge is 0.493 e. The van der Waals surface area contributed by atoms with E-state index in [1.807, 2.05) is 0 Å². The second-order valence-corrected chi connectivity index (χ2v) is 7.00. The van der Waals surface area contributed by atoms with Crippen LogP contribution in [0.15, 0.2) is 34.5 Å². The maximum Gasteiger partial charge on any atom is 0.240 e. The van der Waals surface area contributed by atoms with Crippen molar-refractivity contribution in [1.82, 2.24) is 10.9 Å². The average Bonchev–Trinajstić information content (AvgIpc) is 2.90. The van der Waals surface area contributed by atoms with E-state index < -0.39 is 11.8 Å². The van der Waals surface area contributed by atoms with Crippen LogP contribution < -0.4 is 39.3 Å². The lowest BCUT2D eigenvalue weighted by atomic mass is 10.2. The van der Waals surface area contributed by atoms with E-state index in [0.29, 0.717) is 45.6 Å². The van der Waals surface area contributed by atoms with E-state index in [1.54, 1.807) is 24.3 Å². The molecule has 0 bridgehead atoms. The zero-order chi connectivity index (χ0) is 26.5. The van der Waals surface area contributed by atoms with Gasteiger partial charge in [0.25, 0.3) is 0 Å². The van der Waals surface area contributed by atoms with Crippen molar-refractivity contribution >= 4 is 24.2 Å². The molecule has 0 unspecified atom stereocenters. The van der Waals surface area contributed by atoms with Crippen molar-refractivity contribution < 1.29 is 38.0 Å². The van der Waals surface area contributed by atoms with Gasteiger partial charge in [-0.15, -0.1) is 0 Å². The van der Waals surface area contributed by atoms with Crippen LogP contribution in [0.5, 0.6) is 34.5 Å². The van der Waals surface area contributed by atoms with Gasteiger partial charge in [-0.1, -0.05) is 0 Å². The molecular formula is C24H30N4O8. The highest BCUT2D eigenvalue weighted by atomic mass is 16.5. The SMILES string of the molecule is COc1cc(C=NNC(=O)CCC(=O)NN=Cc2cc(OC)c(OC)c(OC)c2)cc(OC)c1OC. The molecule has 0 saturated heterocycles. The van der Waals surface area contributed by atoms with Gasteiger partial charge in [0.05, 0.1) is 55.1 Å². The lowest BCUT2D eigenvalue weighted by Gasteiger charge is -2.12. The molecule has 0 radical (unpaired) electrons. The molecule has 0 aliphatic heterocycles. The van der Waals surface area contributed by atoms with Gasteiger partial charge in [-0.3, -0.25) is 9.59 Å². The van der Waals surface area contributed by atoms with Crippen LogP contribution in [-0.2, 0) is 9.59 Å². The summed E-state index contributed by atoms with van der Waals surface area (Å²) < 4.78 is 31.6. The van der Waals surface area contributed by atoms with E-state index in [-0.39, 0.29) is 12.8 Å². The molecule has 2 rings (SSSR count). The fraction of sp³-hybridized carbons (Fsp3) is 0.333. The van der Waals surface area contributed by atoms with Gasteiger partial charge in [0.2, 0.25) is 23.3 Å². The zero-order valence-electron chi connectivity index (χ0n) is 21.0. The van der Waals surface area contributed by atoms with Gasteiger partial charge in [-0.05, 0) is 24.3 Å². The van der Waals surface area contributed by atoms with E-state index in [4.69, 9.17) is 28.4 Å². The first-order valence-corrected chi connectivity index (χ1v) is 10.6. The van der Waals surface area contributed by atoms with Crippen LogP contribution in [0.4, 0.5) is 0 Å². The number of methoxy groups -OCH3 is 6. The average molecular weight is 503 g/mol. The first kappa shape index (κ1) is 27.8. The molecule has 0 aliphatic carbocycles. The van der Waals surface area contributed by atoms with Gasteiger partial charge < -0.3 is 28.4 Å². The van der Waals surface area contributed by atoms with Crippen LogP contribution in [0.25, 0.3) is 0 Å². The number of hydrazone groups is 2. The summed E-state index contributed by atoms with van der Waals surface area (Å²) in [6.07, 6.45) is 2.67.